The van der Waals surface area contributed by atoms with Crippen LogP contribution in [0.25, 0.3) is 10.1 Å². The molecule has 0 atom stereocenters. The van der Waals surface area contributed by atoms with Gasteiger partial charge in [0.2, 0.25) is 0 Å². The number of hydrogen-bond acceptors (Lipinski definition) is 5. The fourth-order valence-corrected chi connectivity index (χ4v) is 4.99. The second-order valence-corrected chi connectivity index (χ2v) is 7.29. The Morgan fingerprint density at radius 2 is 2.10 bits per heavy atom. The lowest BCUT2D eigenvalue weighted by molar-refractivity contribution is 0.601. The van der Waals surface area contributed by atoms with E-state index >= 15 is 0 Å². The van der Waals surface area contributed by atoms with Gasteiger partial charge in [-0.05, 0) is 6.07 Å². The molecule has 0 unspecified atom stereocenters. The van der Waals surface area contributed by atoms with Gasteiger partial charge in [-0.25, -0.2) is 8.42 Å². The molecule has 3 rings (SSSR count). The number of nitrogens with zero attached hydrogens (tertiary/aromatic N) is 2. The second-order valence-electron chi connectivity index (χ2n) is 4.53. The van der Waals surface area contributed by atoms with Crippen LogP contribution < -0.4 is 10.5 Å². The Kier molecular flexibility index (Phi) is 3.44. The summed E-state index contributed by atoms with van der Waals surface area (Å²) < 4.78 is 30.2. The van der Waals surface area contributed by atoms with E-state index in [1.54, 1.807) is 25.4 Å². The molecule has 0 aliphatic carbocycles. The molecule has 2 aromatic heterocycles. The zero-order valence-electron chi connectivity index (χ0n) is 11.3. The number of hydrogen-bond donors (Lipinski definition) is 2. The fraction of sp³-hybridized carbons (Fsp3) is 0.154. The lowest BCUT2D eigenvalue weighted by atomic mass is 10.2. The van der Waals surface area contributed by atoms with Gasteiger partial charge in [-0.15, -0.1) is 11.3 Å². The Labute approximate surface area is 126 Å². The Bertz CT molecular complexity index is 896. The molecule has 8 heteroatoms. The summed E-state index contributed by atoms with van der Waals surface area (Å²) in [5.41, 5.74) is 5.71. The van der Waals surface area contributed by atoms with Crippen molar-refractivity contribution in [2.75, 3.05) is 4.72 Å². The van der Waals surface area contributed by atoms with Crippen LogP contribution in [0.15, 0.2) is 41.4 Å². The second kappa shape index (κ2) is 5.14. The van der Waals surface area contributed by atoms with Crippen molar-refractivity contribution in [3.63, 3.8) is 0 Å². The van der Waals surface area contributed by atoms with Gasteiger partial charge in [-0.1, -0.05) is 18.2 Å². The van der Waals surface area contributed by atoms with Crippen LogP contribution in [0.1, 0.15) is 4.88 Å². The van der Waals surface area contributed by atoms with Crippen molar-refractivity contribution in [1.82, 2.24) is 9.78 Å². The Morgan fingerprint density at radius 1 is 1.33 bits per heavy atom. The first-order chi connectivity index (χ1) is 10.0. The quantitative estimate of drug-likeness (QED) is 0.767. The fourth-order valence-electron chi connectivity index (χ4n) is 2.16. The van der Waals surface area contributed by atoms with Crippen LogP contribution in [-0.2, 0) is 23.6 Å². The largest absolute Gasteiger partial charge is 0.326 e. The van der Waals surface area contributed by atoms with E-state index in [4.69, 9.17) is 5.73 Å². The number of aryl methyl sites for hydroxylation is 1. The average Bonchev–Trinajstić information content (AvgIpc) is 3.01. The molecule has 0 radical (unpaired) electrons. The molecule has 3 aromatic rings. The van der Waals surface area contributed by atoms with E-state index in [1.165, 1.54) is 16.0 Å². The highest BCUT2D eigenvalue weighted by Gasteiger charge is 2.24. The molecule has 0 saturated heterocycles. The van der Waals surface area contributed by atoms with Crippen LogP contribution in [0.3, 0.4) is 0 Å². The van der Waals surface area contributed by atoms with Gasteiger partial charge >= 0.3 is 0 Å². The first kappa shape index (κ1) is 14.1. The Hall–Kier alpha value is -1.90. The summed E-state index contributed by atoms with van der Waals surface area (Å²) >= 11 is 1.40. The van der Waals surface area contributed by atoms with Crippen molar-refractivity contribution in [3.05, 3.63) is 41.4 Å². The SMILES string of the molecule is Cn1ccc(NS(=O)(=O)c2c(CN)sc3ccccc23)n1. The summed E-state index contributed by atoms with van der Waals surface area (Å²) in [6, 6.07) is 8.97. The monoisotopic (exact) mass is 322 g/mol. The molecular weight excluding hydrogens is 308 g/mol. The molecule has 0 aliphatic heterocycles. The van der Waals surface area contributed by atoms with Crippen LogP contribution in [-0.4, -0.2) is 18.2 Å². The summed E-state index contributed by atoms with van der Waals surface area (Å²) in [7, 11) is -2.00. The van der Waals surface area contributed by atoms with Gasteiger partial charge in [0.15, 0.2) is 5.82 Å². The summed E-state index contributed by atoms with van der Waals surface area (Å²) in [4.78, 5) is 0.885. The van der Waals surface area contributed by atoms with Gasteiger partial charge in [0, 0.05) is 40.8 Å². The number of sulfonamides is 1. The van der Waals surface area contributed by atoms with Crippen LogP contribution in [0, 0.1) is 0 Å². The molecule has 0 spiro atoms. The number of rotatable bonds is 4. The molecule has 110 valence electrons. The molecule has 0 saturated carbocycles. The number of nitrogens with one attached hydrogen (secondary N) is 1. The van der Waals surface area contributed by atoms with Gasteiger partial charge in [0.25, 0.3) is 10.0 Å². The maximum Gasteiger partial charge on any atom is 0.264 e. The molecule has 1 aromatic carbocycles. The van der Waals surface area contributed by atoms with Gasteiger partial charge < -0.3 is 5.73 Å². The third kappa shape index (κ3) is 2.53. The van der Waals surface area contributed by atoms with Crippen LogP contribution in [0.5, 0.6) is 0 Å². The normalized spacial score (nSPS) is 11.9. The molecule has 3 N–H and O–H groups in total. The van der Waals surface area contributed by atoms with E-state index in [0.29, 0.717) is 10.3 Å². The van der Waals surface area contributed by atoms with Crippen molar-refractivity contribution in [2.24, 2.45) is 12.8 Å². The molecule has 0 amide bonds. The number of aromatic nitrogens is 2. The molecular formula is C13H14N4O2S2. The molecule has 2 heterocycles. The van der Waals surface area contributed by atoms with Crippen LogP contribution in [0.4, 0.5) is 5.82 Å². The van der Waals surface area contributed by atoms with Crippen molar-refractivity contribution < 1.29 is 8.42 Å². The molecule has 21 heavy (non-hydrogen) atoms. The summed E-state index contributed by atoms with van der Waals surface area (Å²) in [5.74, 6) is 0.288. The predicted molar refractivity (Wildman–Crippen MR) is 83.7 cm³/mol. The van der Waals surface area contributed by atoms with E-state index in [-0.39, 0.29) is 17.3 Å². The average molecular weight is 322 g/mol. The first-order valence-electron chi connectivity index (χ1n) is 6.24. The third-order valence-electron chi connectivity index (χ3n) is 3.02. The van der Waals surface area contributed by atoms with Crippen molar-refractivity contribution in [1.29, 1.82) is 0 Å². The van der Waals surface area contributed by atoms with Gasteiger partial charge in [0.05, 0.1) is 0 Å². The van der Waals surface area contributed by atoms with Crippen molar-refractivity contribution in [3.8, 4) is 0 Å². The van der Waals surface area contributed by atoms with Crippen molar-refractivity contribution in [2.45, 2.75) is 11.4 Å². The highest BCUT2D eigenvalue weighted by Crippen LogP contribution is 2.35. The van der Waals surface area contributed by atoms with Gasteiger partial charge in [0.1, 0.15) is 4.90 Å². The maximum absolute atomic E-state index is 12.7. The van der Waals surface area contributed by atoms with Crippen LogP contribution in [0.2, 0.25) is 0 Å². The summed E-state index contributed by atoms with van der Waals surface area (Å²) in [6.45, 7) is 0.178. The summed E-state index contributed by atoms with van der Waals surface area (Å²) in [6.07, 6.45) is 1.67. The lowest BCUT2D eigenvalue weighted by Crippen LogP contribution is -2.15. The van der Waals surface area contributed by atoms with Gasteiger partial charge in [-0.2, -0.15) is 5.10 Å². The van der Waals surface area contributed by atoms with E-state index in [0.717, 1.165) is 4.70 Å². The van der Waals surface area contributed by atoms with Crippen molar-refractivity contribution >= 4 is 37.3 Å². The van der Waals surface area contributed by atoms with E-state index in [9.17, 15) is 8.42 Å². The van der Waals surface area contributed by atoms with E-state index in [2.05, 4.69) is 9.82 Å². The van der Waals surface area contributed by atoms with Crippen LogP contribution >= 0.6 is 11.3 Å². The standard InChI is InChI=1S/C13H14N4O2S2/c1-17-7-6-12(15-17)16-21(18,19)13-9-4-2-3-5-10(9)20-11(13)8-14/h2-7H,8,14H2,1H3,(H,15,16). The highest BCUT2D eigenvalue weighted by atomic mass is 32.2. The van der Waals surface area contributed by atoms with E-state index in [1.807, 2.05) is 18.2 Å². The number of benzene rings is 1. The topological polar surface area (TPSA) is 90.0 Å². The van der Waals surface area contributed by atoms with E-state index < -0.39 is 10.0 Å². The Morgan fingerprint density at radius 3 is 2.76 bits per heavy atom. The lowest BCUT2D eigenvalue weighted by Gasteiger charge is -2.06. The van der Waals surface area contributed by atoms with Gasteiger partial charge in [-0.3, -0.25) is 9.40 Å². The smallest absolute Gasteiger partial charge is 0.264 e. The molecule has 0 aliphatic rings. The number of anilines is 1. The maximum atomic E-state index is 12.7. The highest BCUT2D eigenvalue weighted by molar-refractivity contribution is 7.93. The number of thiophene rings is 1. The summed E-state index contributed by atoms with van der Waals surface area (Å²) in [5, 5.41) is 4.73. The predicted octanol–water partition coefficient (Wildman–Crippen LogP) is 1.89. The Balaban J connectivity index is 2.13. The molecule has 0 bridgehead atoms. The first-order valence-corrected chi connectivity index (χ1v) is 8.54. The minimum atomic E-state index is -3.72. The zero-order valence-corrected chi connectivity index (χ0v) is 12.9. The third-order valence-corrected chi connectivity index (χ3v) is 5.83. The molecule has 6 nitrogen and oxygen atoms in total. The number of nitrogens with two attached hydrogens (primary N) is 1. The minimum Gasteiger partial charge on any atom is -0.326 e. The minimum absolute atomic E-state index is 0.178. The zero-order chi connectivity index (χ0) is 15.0. The number of fused-ring (bicyclic) bond motifs is 1. The molecule has 0 fully saturated rings.